The summed E-state index contributed by atoms with van der Waals surface area (Å²) in [6.45, 7) is 5.03. The number of carbonyl (C=O) groups excluding carboxylic acids is 1. The predicted octanol–water partition coefficient (Wildman–Crippen LogP) is 6.83. The van der Waals surface area contributed by atoms with E-state index in [-0.39, 0.29) is 18.0 Å². The Hall–Kier alpha value is -3.08. The van der Waals surface area contributed by atoms with E-state index < -0.39 is 0 Å². The van der Waals surface area contributed by atoms with Crippen molar-refractivity contribution in [3.8, 4) is 17.0 Å². The van der Waals surface area contributed by atoms with Gasteiger partial charge in [0.25, 0.3) is 5.91 Å². The zero-order valence-corrected chi connectivity index (χ0v) is 20.3. The molecule has 1 unspecified atom stereocenters. The lowest BCUT2D eigenvalue weighted by Gasteiger charge is -2.36. The maximum atomic E-state index is 13.7. The van der Waals surface area contributed by atoms with Crippen molar-refractivity contribution in [2.24, 2.45) is 0 Å². The molecule has 5 nitrogen and oxygen atoms in total. The smallest absolute Gasteiger partial charge is 0.273 e. The average molecular weight is 458 g/mol. The molecule has 1 amide bonds. The molecule has 2 aromatic carbocycles. The number of hydrogen-bond acceptors (Lipinski definition) is 3. The van der Waals surface area contributed by atoms with E-state index in [0.29, 0.717) is 5.69 Å². The first kappa shape index (κ1) is 22.7. The standard InChI is InChI=1S/C29H35N3O2/c1-3-4-8-19-34-24-17-15-22(16-18-24)28-25-26(21-13-11-20(2)12-14-21)30-31-27(25)29(33)32(28)23-9-6-5-7-10-23/h11-18,23,28H,3-10,19H2,1-2H3,(H,30,31). The fourth-order valence-corrected chi connectivity index (χ4v) is 5.45. The van der Waals surface area contributed by atoms with Crippen LogP contribution in [0, 0.1) is 6.92 Å². The number of carbonyl (C=O) groups is 1. The van der Waals surface area contributed by atoms with Crippen molar-refractivity contribution in [2.75, 3.05) is 6.61 Å². The van der Waals surface area contributed by atoms with Gasteiger partial charge >= 0.3 is 0 Å². The summed E-state index contributed by atoms with van der Waals surface area (Å²) in [5, 5.41) is 7.73. The minimum atomic E-state index is -0.130. The van der Waals surface area contributed by atoms with Crippen LogP contribution in [-0.2, 0) is 0 Å². The van der Waals surface area contributed by atoms with Crippen LogP contribution in [0.25, 0.3) is 11.3 Å². The van der Waals surface area contributed by atoms with Gasteiger partial charge in [-0.25, -0.2) is 0 Å². The number of rotatable bonds is 8. The summed E-state index contributed by atoms with van der Waals surface area (Å²) in [6.07, 6.45) is 9.20. The van der Waals surface area contributed by atoms with Gasteiger partial charge in [0.1, 0.15) is 11.4 Å². The zero-order chi connectivity index (χ0) is 23.5. The Balaban J connectivity index is 1.51. The Morgan fingerprint density at radius 3 is 2.44 bits per heavy atom. The van der Waals surface area contributed by atoms with Crippen LogP contribution in [0.4, 0.5) is 0 Å². The molecular formula is C29H35N3O2. The van der Waals surface area contributed by atoms with Crippen molar-refractivity contribution in [3.63, 3.8) is 0 Å². The van der Waals surface area contributed by atoms with Crippen LogP contribution >= 0.6 is 0 Å². The van der Waals surface area contributed by atoms with Gasteiger partial charge in [0.2, 0.25) is 0 Å². The fourth-order valence-electron chi connectivity index (χ4n) is 5.45. The van der Waals surface area contributed by atoms with Crippen LogP contribution in [0.2, 0.25) is 0 Å². The normalized spacial score (nSPS) is 18.4. The minimum absolute atomic E-state index is 0.0812. The highest BCUT2D eigenvalue weighted by molar-refractivity contribution is 6.00. The second kappa shape index (κ2) is 10.0. The topological polar surface area (TPSA) is 58.2 Å². The minimum Gasteiger partial charge on any atom is -0.494 e. The SMILES string of the molecule is CCCCCOc1ccc(C2c3c(-c4ccc(C)cc4)n[nH]c3C(=O)N2C2CCCCC2)cc1. The van der Waals surface area contributed by atoms with E-state index in [4.69, 9.17) is 4.74 Å². The number of hydrogen-bond donors (Lipinski definition) is 1. The van der Waals surface area contributed by atoms with E-state index in [1.807, 2.05) is 0 Å². The number of amides is 1. The second-order valence-electron chi connectivity index (χ2n) is 9.76. The molecule has 0 spiro atoms. The van der Waals surface area contributed by atoms with Crippen LogP contribution < -0.4 is 4.74 Å². The monoisotopic (exact) mass is 457 g/mol. The zero-order valence-electron chi connectivity index (χ0n) is 20.3. The molecule has 0 saturated heterocycles. The maximum Gasteiger partial charge on any atom is 0.273 e. The van der Waals surface area contributed by atoms with Crippen molar-refractivity contribution in [3.05, 3.63) is 70.9 Å². The summed E-state index contributed by atoms with van der Waals surface area (Å²) in [5.74, 6) is 0.970. The molecule has 178 valence electrons. The van der Waals surface area contributed by atoms with E-state index in [2.05, 4.69) is 77.5 Å². The van der Waals surface area contributed by atoms with Gasteiger partial charge in [0.05, 0.1) is 18.3 Å². The summed E-state index contributed by atoms with van der Waals surface area (Å²) in [6, 6.07) is 16.9. The number of aryl methyl sites for hydroxylation is 1. The largest absolute Gasteiger partial charge is 0.494 e. The highest BCUT2D eigenvalue weighted by atomic mass is 16.5. The van der Waals surface area contributed by atoms with Gasteiger partial charge in [-0.3, -0.25) is 9.89 Å². The molecule has 2 aliphatic rings. The van der Waals surface area contributed by atoms with Crippen molar-refractivity contribution in [1.82, 2.24) is 15.1 Å². The van der Waals surface area contributed by atoms with Crippen LogP contribution in [0.1, 0.15) is 91.5 Å². The summed E-state index contributed by atoms with van der Waals surface area (Å²) < 4.78 is 5.95. The van der Waals surface area contributed by atoms with E-state index in [1.54, 1.807) is 0 Å². The Kier molecular flexibility index (Phi) is 6.70. The molecule has 2 heterocycles. The highest BCUT2D eigenvalue weighted by Crippen LogP contribution is 2.45. The number of nitrogens with one attached hydrogen (secondary N) is 1. The summed E-state index contributed by atoms with van der Waals surface area (Å²) in [4.78, 5) is 15.8. The molecule has 1 fully saturated rings. The number of fused-ring (bicyclic) bond motifs is 1. The van der Waals surface area contributed by atoms with Crippen LogP contribution in [0.5, 0.6) is 5.75 Å². The lowest BCUT2D eigenvalue weighted by molar-refractivity contribution is 0.0606. The van der Waals surface area contributed by atoms with Crippen LogP contribution in [-0.4, -0.2) is 33.7 Å². The molecule has 1 aliphatic heterocycles. The van der Waals surface area contributed by atoms with Gasteiger partial charge in [-0.15, -0.1) is 0 Å². The molecule has 1 saturated carbocycles. The van der Waals surface area contributed by atoms with E-state index in [9.17, 15) is 4.79 Å². The molecule has 1 aliphatic carbocycles. The van der Waals surface area contributed by atoms with Gasteiger partial charge in [-0.1, -0.05) is 81.0 Å². The predicted molar refractivity (Wildman–Crippen MR) is 135 cm³/mol. The number of nitrogens with zero attached hydrogens (tertiary/aromatic N) is 2. The Morgan fingerprint density at radius 2 is 1.74 bits per heavy atom. The molecule has 1 aromatic heterocycles. The van der Waals surface area contributed by atoms with Crippen LogP contribution in [0.15, 0.2) is 48.5 Å². The van der Waals surface area contributed by atoms with Gasteiger partial charge < -0.3 is 9.64 Å². The van der Waals surface area contributed by atoms with E-state index in [1.165, 1.54) is 37.7 Å². The van der Waals surface area contributed by atoms with Crippen molar-refractivity contribution in [2.45, 2.75) is 77.3 Å². The fraction of sp³-hybridized carbons (Fsp3) is 0.448. The average Bonchev–Trinajstić information content (AvgIpc) is 3.42. The molecule has 1 atom stereocenters. The molecule has 5 rings (SSSR count). The Bertz CT molecular complexity index is 1110. The van der Waals surface area contributed by atoms with E-state index in [0.717, 1.165) is 54.0 Å². The second-order valence-corrected chi connectivity index (χ2v) is 9.76. The van der Waals surface area contributed by atoms with Crippen molar-refractivity contribution < 1.29 is 9.53 Å². The molecule has 1 N–H and O–H groups in total. The molecule has 0 bridgehead atoms. The molecule has 3 aromatic rings. The summed E-state index contributed by atoms with van der Waals surface area (Å²) in [5.41, 5.74) is 5.91. The highest BCUT2D eigenvalue weighted by Gasteiger charge is 2.45. The van der Waals surface area contributed by atoms with Gasteiger partial charge in [0, 0.05) is 17.2 Å². The summed E-state index contributed by atoms with van der Waals surface area (Å²) in [7, 11) is 0. The number of ether oxygens (including phenoxy) is 1. The van der Waals surface area contributed by atoms with Crippen molar-refractivity contribution in [1.29, 1.82) is 0 Å². The molecule has 5 heteroatoms. The molecule has 34 heavy (non-hydrogen) atoms. The number of benzene rings is 2. The third-order valence-electron chi connectivity index (χ3n) is 7.31. The third-order valence-corrected chi connectivity index (χ3v) is 7.31. The quantitative estimate of drug-likeness (QED) is 0.377. The number of unbranched alkanes of at least 4 members (excludes halogenated alkanes) is 2. The van der Waals surface area contributed by atoms with Gasteiger partial charge in [-0.05, 0) is 43.9 Å². The lowest BCUT2D eigenvalue weighted by Crippen LogP contribution is -2.40. The Labute approximate surface area is 202 Å². The number of aromatic nitrogens is 2. The molecular weight excluding hydrogens is 422 g/mol. The first-order valence-corrected chi connectivity index (χ1v) is 12.9. The van der Waals surface area contributed by atoms with Gasteiger partial charge in [0.15, 0.2) is 0 Å². The summed E-state index contributed by atoms with van der Waals surface area (Å²) >= 11 is 0. The molecule has 0 radical (unpaired) electrons. The first-order valence-electron chi connectivity index (χ1n) is 12.9. The van der Waals surface area contributed by atoms with Gasteiger partial charge in [-0.2, -0.15) is 5.10 Å². The van der Waals surface area contributed by atoms with E-state index >= 15 is 0 Å². The third kappa shape index (κ3) is 4.36. The first-order chi connectivity index (χ1) is 16.7. The number of aromatic amines is 1. The Morgan fingerprint density at radius 1 is 1.00 bits per heavy atom. The lowest BCUT2D eigenvalue weighted by atomic mass is 9.91. The number of H-pyrrole nitrogens is 1. The van der Waals surface area contributed by atoms with Crippen LogP contribution in [0.3, 0.4) is 0 Å². The van der Waals surface area contributed by atoms with Crippen molar-refractivity contribution >= 4 is 5.91 Å². The maximum absolute atomic E-state index is 13.7.